The fourth-order valence-corrected chi connectivity index (χ4v) is 2.54. The number of methoxy groups -OCH3 is 1. The van der Waals surface area contributed by atoms with Crippen molar-refractivity contribution in [2.75, 3.05) is 33.4 Å². The number of hydrogen-bond donors (Lipinski definition) is 2. The molecular formula is C13H22N4O3. The first-order valence-electron chi connectivity index (χ1n) is 6.93. The predicted molar refractivity (Wildman–Crippen MR) is 72.2 cm³/mol. The van der Waals surface area contributed by atoms with Crippen molar-refractivity contribution in [2.45, 2.75) is 26.2 Å². The number of amides is 1. The smallest absolute Gasteiger partial charge is 0.228 e. The Morgan fingerprint density at radius 2 is 2.25 bits per heavy atom. The van der Waals surface area contributed by atoms with Crippen molar-refractivity contribution in [3.63, 3.8) is 0 Å². The first-order valence-corrected chi connectivity index (χ1v) is 6.93. The number of ether oxygens (including phenoxy) is 1. The molecule has 2 heterocycles. The minimum atomic E-state index is -0.410. The van der Waals surface area contributed by atoms with Gasteiger partial charge in [-0.2, -0.15) is 4.98 Å². The van der Waals surface area contributed by atoms with Gasteiger partial charge in [-0.25, -0.2) is 0 Å². The molecule has 7 nitrogen and oxygen atoms in total. The standard InChI is InChI=1S/C13H22N4O3/c1-10-16-11(17-20-10)3-6-15-12(18)13(9-19-2)4-7-14-8-5-13/h14H,3-9H2,1-2H3,(H,15,18). The molecule has 0 aliphatic carbocycles. The summed E-state index contributed by atoms with van der Waals surface area (Å²) in [7, 11) is 1.64. The van der Waals surface area contributed by atoms with E-state index in [9.17, 15) is 4.79 Å². The second-order valence-corrected chi connectivity index (χ2v) is 5.20. The van der Waals surface area contributed by atoms with E-state index in [0.717, 1.165) is 25.9 Å². The molecule has 1 aromatic rings. The summed E-state index contributed by atoms with van der Waals surface area (Å²) < 4.78 is 10.1. The van der Waals surface area contributed by atoms with E-state index >= 15 is 0 Å². The average Bonchev–Trinajstić information content (AvgIpc) is 2.86. The number of aryl methyl sites for hydroxylation is 1. The summed E-state index contributed by atoms with van der Waals surface area (Å²) in [4.78, 5) is 16.5. The Labute approximate surface area is 118 Å². The van der Waals surface area contributed by atoms with Crippen molar-refractivity contribution in [3.05, 3.63) is 11.7 Å². The van der Waals surface area contributed by atoms with E-state index in [1.165, 1.54) is 0 Å². The zero-order chi connectivity index (χ0) is 14.4. The van der Waals surface area contributed by atoms with Crippen LogP contribution in [0.2, 0.25) is 0 Å². The lowest BCUT2D eigenvalue weighted by molar-refractivity contribution is -0.136. The SMILES string of the molecule is COCC1(C(=O)NCCc2noc(C)n2)CCNCC1. The number of piperidine rings is 1. The first kappa shape index (κ1) is 14.9. The summed E-state index contributed by atoms with van der Waals surface area (Å²) in [6.45, 7) is 4.41. The van der Waals surface area contributed by atoms with Gasteiger partial charge >= 0.3 is 0 Å². The lowest BCUT2D eigenvalue weighted by atomic mass is 9.78. The molecule has 0 atom stereocenters. The number of hydrogen-bond acceptors (Lipinski definition) is 6. The molecule has 0 aromatic carbocycles. The molecule has 0 saturated carbocycles. The van der Waals surface area contributed by atoms with Crippen molar-refractivity contribution < 1.29 is 14.1 Å². The van der Waals surface area contributed by atoms with E-state index in [0.29, 0.717) is 31.3 Å². The molecule has 2 N–H and O–H groups in total. The molecule has 112 valence electrons. The Kier molecular flexibility index (Phi) is 5.08. The molecule has 0 radical (unpaired) electrons. The van der Waals surface area contributed by atoms with Crippen LogP contribution in [0.5, 0.6) is 0 Å². The van der Waals surface area contributed by atoms with E-state index in [4.69, 9.17) is 9.26 Å². The Morgan fingerprint density at radius 3 is 2.85 bits per heavy atom. The average molecular weight is 282 g/mol. The minimum absolute atomic E-state index is 0.0565. The van der Waals surface area contributed by atoms with Crippen molar-refractivity contribution >= 4 is 5.91 Å². The van der Waals surface area contributed by atoms with Gasteiger partial charge in [0.1, 0.15) is 0 Å². The first-order chi connectivity index (χ1) is 9.66. The molecule has 0 bridgehead atoms. The summed E-state index contributed by atoms with van der Waals surface area (Å²) in [6.07, 6.45) is 2.17. The largest absolute Gasteiger partial charge is 0.384 e. The highest BCUT2D eigenvalue weighted by atomic mass is 16.5. The summed E-state index contributed by atoms with van der Waals surface area (Å²) in [5, 5.41) is 10.0. The van der Waals surface area contributed by atoms with Gasteiger partial charge < -0.3 is 19.9 Å². The molecule has 0 spiro atoms. The van der Waals surface area contributed by atoms with E-state index in [1.807, 2.05) is 0 Å². The number of carbonyl (C=O) groups excluding carboxylic acids is 1. The van der Waals surface area contributed by atoms with Crippen molar-refractivity contribution in [1.82, 2.24) is 20.8 Å². The van der Waals surface area contributed by atoms with Gasteiger partial charge in [-0.1, -0.05) is 5.16 Å². The maximum absolute atomic E-state index is 12.4. The van der Waals surface area contributed by atoms with Crippen LogP contribution in [0.1, 0.15) is 24.6 Å². The van der Waals surface area contributed by atoms with Crippen LogP contribution in [-0.2, 0) is 16.0 Å². The zero-order valence-electron chi connectivity index (χ0n) is 12.1. The molecule has 1 aromatic heterocycles. The third kappa shape index (κ3) is 3.55. The number of carbonyl (C=O) groups is 1. The molecule has 1 aliphatic heterocycles. The third-order valence-corrected chi connectivity index (χ3v) is 3.67. The van der Waals surface area contributed by atoms with Gasteiger partial charge in [-0.15, -0.1) is 0 Å². The van der Waals surface area contributed by atoms with Crippen LogP contribution in [-0.4, -0.2) is 49.4 Å². The Morgan fingerprint density at radius 1 is 1.50 bits per heavy atom. The monoisotopic (exact) mass is 282 g/mol. The lowest BCUT2D eigenvalue weighted by Gasteiger charge is -2.35. The van der Waals surface area contributed by atoms with Gasteiger partial charge in [0.15, 0.2) is 5.82 Å². The number of aromatic nitrogens is 2. The quantitative estimate of drug-likeness (QED) is 0.766. The van der Waals surface area contributed by atoms with Crippen molar-refractivity contribution in [3.8, 4) is 0 Å². The van der Waals surface area contributed by atoms with Gasteiger partial charge in [0.2, 0.25) is 11.8 Å². The van der Waals surface area contributed by atoms with E-state index < -0.39 is 5.41 Å². The van der Waals surface area contributed by atoms with Gasteiger partial charge in [-0.3, -0.25) is 4.79 Å². The van der Waals surface area contributed by atoms with Crippen LogP contribution < -0.4 is 10.6 Å². The zero-order valence-corrected chi connectivity index (χ0v) is 12.1. The number of nitrogens with zero attached hydrogens (tertiary/aromatic N) is 2. The van der Waals surface area contributed by atoms with Crippen LogP contribution >= 0.6 is 0 Å². The van der Waals surface area contributed by atoms with Crippen LogP contribution in [0.4, 0.5) is 0 Å². The summed E-state index contributed by atoms with van der Waals surface area (Å²) in [6, 6.07) is 0. The Hall–Kier alpha value is -1.47. The summed E-state index contributed by atoms with van der Waals surface area (Å²) in [5.41, 5.74) is -0.410. The van der Waals surface area contributed by atoms with E-state index in [1.54, 1.807) is 14.0 Å². The predicted octanol–water partition coefficient (Wildman–Crippen LogP) is 0.0529. The number of nitrogens with one attached hydrogen (secondary N) is 2. The highest BCUT2D eigenvalue weighted by Crippen LogP contribution is 2.29. The highest BCUT2D eigenvalue weighted by Gasteiger charge is 2.39. The maximum atomic E-state index is 12.4. The topological polar surface area (TPSA) is 89.3 Å². The normalized spacial score (nSPS) is 17.9. The molecule has 2 rings (SSSR count). The molecule has 7 heteroatoms. The van der Waals surface area contributed by atoms with Gasteiger partial charge in [0.25, 0.3) is 0 Å². The van der Waals surface area contributed by atoms with Crippen molar-refractivity contribution in [2.24, 2.45) is 5.41 Å². The van der Waals surface area contributed by atoms with E-state index in [-0.39, 0.29) is 5.91 Å². The molecule has 20 heavy (non-hydrogen) atoms. The Bertz CT molecular complexity index is 435. The van der Waals surface area contributed by atoms with Crippen LogP contribution in [0.25, 0.3) is 0 Å². The van der Waals surface area contributed by atoms with Gasteiger partial charge in [0, 0.05) is 27.0 Å². The second kappa shape index (κ2) is 6.81. The van der Waals surface area contributed by atoms with Crippen molar-refractivity contribution in [1.29, 1.82) is 0 Å². The highest BCUT2D eigenvalue weighted by molar-refractivity contribution is 5.83. The fraction of sp³-hybridized carbons (Fsp3) is 0.769. The van der Waals surface area contributed by atoms with E-state index in [2.05, 4.69) is 20.8 Å². The van der Waals surface area contributed by atoms with Crippen LogP contribution in [0.3, 0.4) is 0 Å². The molecule has 1 aliphatic rings. The van der Waals surface area contributed by atoms with Crippen LogP contribution in [0.15, 0.2) is 4.52 Å². The third-order valence-electron chi connectivity index (χ3n) is 3.67. The summed E-state index contributed by atoms with van der Waals surface area (Å²) in [5.74, 6) is 1.22. The van der Waals surface area contributed by atoms with Gasteiger partial charge in [0.05, 0.1) is 12.0 Å². The molecule has 0 unspecified atom stereocenters. The summed E-state index contributed by atoms with van der Waals surface area (Å²) >= 11 is 0. The molecule has 1 amide bonds. The molecule has 1 saturated heterocycles. The molecular weight excluding hydrogens is 260 g/mol. The minimum Gasteiger partial charge on any atom is -0.384 e. The van der Waals surface area contributed by atoms with Crippen LogP contribution in [0, 0.1) is 12.3 Å². The van der Waals surface area contributed by atoms with Gasteiger partial charge in [-0.05, 0) is 25.9 Å². The molecule has 1 fully saturated rings. The lowest BCUT2D eigenvalue weighted by Crippen LogP contribution is -2.50. The number of rotatable bonds is 6. The Balaban J connectivity index is 1.85. The fourth-order valence-electron chi connectivity index (χ4n) is 2.54. The second-order valence-electron chi connectivity index (χ2n) is 5.20. The maximum Gasteiger partial charge on any atom is 0.228 e.